The van der Waals surface area contributed by atoms with E-state index in [-0.39, 0.29) is 16.2 Å². The molecule has 0 spiro atoms. The lowest BCUT2D eigenvalue weighted by molar-refractivity contribution is -0.637. The van der Waals surface area contributed by atoms with E-state index in [4.69, 9.17) is 4.40 Å². The van der Waals surface area contributed by atoms with Crippen molar-refractivity contribution in [1.29, 1.82) is 0 Å². The van der Waals surface area contributed by atoms with Gasteiger partial charge in [-0.1, -0.05) is 34.6 Å². The largest absolute Gasteiger partial charge is 0.244 e. The van der Waals surface area contributed by atoms with E-state index in [0.29, 0.717) is 0 Å². The van der Waals surface area contributed by atoms with Crippen molar-refractivity contribution < 1.29 is 3.96 Å². The number of hydrogen-bond acceptors (Lipinski definition) is 3. The zero-order valence-corrected chi connectivity index (χ0v) is 20.1. The van der Waals surface area contributed by atoms with Gasteiger partial charge >= 0.3 is 0 Å². The second kappa shape index (κ2) is 7.49. The maximum absolute atomic E-state index is 4.84. The van der Waals surface area contributed by atoms with Crippen LogP contribution >= 0.6 is 34.0 Å². The topological polar surface area (TPSA) is 16.2 Å². The average molecular weight is 422 g/mol. The van der Waals surface area contributed by atoms with Crippen molar-refractivity contribution in [2.45, 2.75) is 65.8 Å². The Morgan fingerprint density at radius 1 is 1.04 bits per heavy atom. The van der Waals surface area contributed by atoms with Crippen LogP contribution in [0.25, 0.3) is 0 Å². The molecule has 3 heterocycles. The molecule has 0 fully saturated rings. The van der Waals surface area contributed by atoms with Crippen LogP contribution in [0.3, 0.4) is 0 Å². The molecule has 2 nitrogen and oxygen atoms in total. The molecule has 5 heteroatoms. The summed E-state index contributed by atoms with van der Waals surface area (Å²) in [5.74, 6) is 1.12. The molecule has 0 amide bonds. The van der Waals surface area contributed by atoms with Gasteiger partial charge in [-0.25, -0.2) is 4.40 Å². The summed E-state index contributed by atoms with van der Waals surface area (Å²) in [5.41, 5.74) is 3.32. The SMILES string of the molecule is CC(C)(C)C1=C[SH](CC(C)(C)c2cc[n+](CC(C)(C)c3ccsc3)s2)N=C1. The van der Waals surface area contributed by atoms with E-state index < -0.39 is 11.1 Å². The highest BCUT2D eigenvalue weighted by atomic mass is 32.2. The molecular weight excluding hydrogens is 388 g/mol. The molecule has 0 saturated carbocycles. The second-order valence-corrected chi connectivity index (χ2v) is 13.4. The normalized spacial score (nSPS) is 19.5. The molecule has 3 rings (SSSR count). The van der Waals surface area contributed by atoms with Crippen LogP contribution in [0.4, 0.5) is 0 Å². The highest BCUT2D eigenvalue weighted by Crippen LogP contribution is 2.45. The molecule has 148 valence electrons. The maximum Gasteiger partial charge on any atom is 0.184 e. The lowest BCUT2D eigenvalue weighted by atomic mass is 9.87. The Morgan fingerprint density at radius 3 is 2.37 bits per heavy atom. The Labute approximate surface area is 175 Å². The molecule has 1 aliphatic rings. The summed E-state index contributed by atoms with van der Waals surface area (Å²) in [4.78, 5) is 1.46. The van der Waals surface area contributed by atoms with Gasteiger partial charge in [0.05, 0.1) is 10.3 Å². The molecule has 1 aliphatic heterocycles. The van der Waals surface area contributed by atoms with E-state index in [1.54, 1.807) is 11.3 Å². The first-order chi connectivity index (χ1) is 12.5. The average Bonchev–Trinajstić information content (AvgIpc) is 3.27. The van der Waals surface area contributed by atoms with E-state index in [9.17, 15) is 0 Å². The van der Waals surface area contributed by atoms with Crippen LogP contribution in [0.2, 0.25) is 0 Å². The van der Waals surface area contributed by atoms with Crippen molar-refractivity contribution in [2.24, 2.45) is 9.81 Å². The first kappa shape index (κ1) is 20.8. The van der Waals surface area contributed by atoms with Crippen LogP contribution in [0, 0.1) is 5.41 Å². The van der Waals surface area contributed by atoms with Crippen molar-refractivity contribution >= 4 is 40.2 Å². The van der Waals surface area contributed by atoms with Gasteiger partial charge in [-0.15, -0.1) is 15.0 Å². The molecule has 1 atom stereocenters. The zero-order chi connectivity index (χ0) is 19.9. The first-order valence-electron chi connectivity index (χ1n) is 9.53. The van der Waals surface area contributed by atoms with Crippen molar-refractivity contribution in [3.05, 3.63) is 50.5 Å². The highest BCUT2D eigenvalue weighted by molar-refractivity contribution is 8.18. The predicted octanol–water partition coefficient (Wildman–Crippen LogP) is 6.28. The standard InChI is InChI=1S/C22H33N2S3/c1-20(2,3)18-12-23-27(14-18)16-22(6,7)19-8-10-24(26-19)15-21(4,5)17-9-11-25-13-17/h8-14,27H,15-16H2,1-7H3/q+1. The third-order valence-electron chi connectivity index (χ3n) is 5.19. The molecular formula is C22H33N2S3+. The van der Waals surface area contributed by atoms with Gasteiger partial charge in [-0.05, 0) is 52.6 Å². The van der Waals surface area contributed by atoms with Gasteiger partial charge in [0.2, 0.25) is 0 Å². The molecule has 2 aromatic heterocycles. The van der Waals surface area contributed by atoms with E-state index in [1.807, 2.05) is 11.5 Å². The fourth-order valence-electron chi connectivity index (χ4n) is 3.22. The van der Waals surface area contributed by atoms with Crippen LogP contribution < -0.4 is 3.96 Å². The molecule has 1 unspecified atom stereocenters. The van der Waals surface area contributed by atoms with E-state index in [1.165, 1.54) is 16.0 Å². The minimum Gasteiger partial charge on any atom is -0.244 e. The molecule has 0 radical (unpaired) electrons. The van der Waals surface area contributed by atoms with Crippen molar-refractivity contribution in [1.82, 2.24) is 0 Å². The zero-order valence-electron chi connectivity index (χ0n) is 17.6. The van der Waals surface area contributed by atoms with E-state index >= 15 is 0 Å². The molecule has 0 bridgehead atoms. The Balaban J connectivity index is 1.70. The lowest BCUT2D eigenvalue weighted by Gasteiger charge is -2.25. The summed E-state index contributed by atoms with van der Waals surface area (Å²) in [5, 5.41) is 6.88. The monoisotopic (exact) mass is 421 g/mol. The van der Waals surface area contributed by atoms with Crippen LogP contribution in [-0.2, 0) is 17.4 Å². The maximum atomic E-state index is 4.84. The number of hydrogen-bond donors (Lipinski definition) is 1. The van der Waals surface area contributed by atoms with Crippen LogP contribution in [-0.4, -0.2) is 12.0 Å². The molecule has 27 heavy (non-hydrogen) atoms. The summed E-state index contributed by atoms with van der Waals surface area (Å²) >= 11 is 3.29. The smallest absolute Gasteiger partial charge is 0.184 e. The van der Waals surface area contributed by atoms with E-state index in [0.717, 1.165) is 12.3 Å². The number of thiol groups is 1. The quantitative estimate of drug-likeness (QED) is 0.417. The van der Waals surface area contributed by atoms with Gasteiger partial charge < -0.3 is 0 Å². The van der Waals surface area contributed by atoms with Crippen LogP contribution in [0.1, 0.15) is 58.9 Å². The number of nitrogens with zero attached hydrogens (tertiary/aromatic N) is 2. The number of thiophene rings is 1. The molecule has 0 aromatic carbocycles. The summed E-state index contributed by atoms with van der Waals surface area (Å²) in [6, 6.07) is 4.57. The number of rotatable bonds is 6. The molecule has 0 aliphatic carbocycles. The van der Waals surface area contributed by atoms with Crippen LogP contribution in [0.5, 0.6) is 0 Å². The van der Waals surface area contributed by atoms with E-state index in [2.05, 4.69) is 93.1 Å². The summed E-state index contributed by atoms with van der Waals surface area (Å²) < 4.78 is 7.24. The third kappa shape index (κ3) is 4.93. The van der Waals surface area contributed by atoms with Crippen molar-refractivity contribution in [3.8, 4) is 0 Å². The lowest BCUT2D eigenvalue weighted by Crippen LogP contribution is -2.39. The number of allylic oxidation sites excluding steroid dienone is 1. The minimum atomic E-state index is -0.401. The summed E-state index contributed by atoms with van der Waals surface area (Å²) in [7, 11) is 0. The highest BCUT2D eigenvalue weighted by Gasteiger charge is 2.32. The Kier molecular flexibility index (Phi) is 5.77. The minimum absolute atomic E-state index is 0.148. The Hall–Kier alpha value is -0.910. The molecule has 2 aromatic rings. The van der Waals surface area contributed by atoms with Gasteiger partial charge in [0.1, 0.15) is 11.5 Å². The molecule has 0 N–H and O–H groups in total. The second-order valence-electron chi connectivity index (χ2n) is 9.80. The fourth-order valence-corrected chi connectivity index (χ4v) is 7.65. The van der Waals surface area contributed by atoms with Gasteiger partial charge in [0.15, 0.2) is 12.7 Å². The van der Waals surface area contributed by atoms with Crippen molar-refractivity contribution in [2.75, 3.05) is 5.75 Å². The molecule has 0 saturated heterocycles. The Morgan fingerprint density at radius 2 is 1.78 bits per heavy atom. The third-order valence-corrected chi connectivity index (χ3v) is 9.34. The van der Waals surface area contributed by atoms with Gasteiger partial charge in [-0.3, -0.25) is 0 Å². The van der Waals surface area contributed by atoms with Gasteiger partial charge in [0.25, 0.3) is 0 Å². The van der Waals surface area contributed by atoms with Crippen LogP contribution in [0.15, 0.2) is 44.5 Å². The predicted molar refractivity (Wildman–Crippen MR) is 125 cm³/mol. The fraction of sp³-hybridized carbons (Fsp3) is 0.545. The summed E-state index contributed by atoms with van der Waals surface area (Å²) in [6.45, 7) is 17.2. The number of aromatic nitrogens is 1. The first-order valence-corrected chi connectivity index (χ1v) is 12.8. The van der Waals surface area contributed by atoms with Crippen molar-refractivity contribution in [3.63, 3.8) is 0 Å². The van der Waals surface area contributed by atoms with Gasteiger partial charge in [-0.2, -0.15) is 11.3 Å². The van der Waals surface area contributed by atoms with Gasteiger partial charge in [0, 0.05) is 23.4 Å². The summed E-state index contributed by atoms with van der Waals surface area (Å²) in [6.07, 6.45) is 4.37. The Bertz CT molecular complexity index is 833.